The normalized spacial score (nSPS) is 13.2. The highest BCUT2D eigenvalue weighted by molar-refractivity contribution is 5.84. The summed E-state index contributed by atoms with van der Waals surface area (Å²) < 4.78 is 9.96. The van der Waals surface area contributed by atoms with E-state index in [0.717, 1.165) is 0 Å². The summed E-state index contributed by atoms with van der Waals surface area (Å²) in [6, 6.07) is 0. The Morgan fingerprint density at radius 2 is 1.94 bits per heavy atom. The number of amides is 1. The van der Waals surface area contributed by atoms with Gasteiger partial charge >= 0.3 is 5.97 Å². The quantitative estimate of drug-likeness (QED) is 0.643. The van der Waals surface area contributed by atoms with Crippen LogP contribution in [0.2, 0.25) is 0 Å². The van der Waals surface area contributed by atoms with Crippen LogP contribution < -0.4 is 5.32 Å². The van der Waals surface area contributed by atoms with Crippen molar-refractivity contribution in [1.29, 1.82) is 0 Å². The minimum atomic E-state index is -1.06. The highest BCUT2D eigenvalue weighted by atomic mass is 16.5. The van der Waals surface area contributed by atoms with Crippen LogP contribution in [0.15, 0.2) is 0 Å². The molecule has 1 unspecified atom stereocenters. The van der Waals surface area contributed by atoms with Gasteiger partial charge in [0.15, 0.2) is 0 Å². The van der Waals surface area contributed by atoms with Gasteiger partial charge < -0.3 is 19.9 Å². The van der Waals surface area contributed by atoms with E-state index < -0.39 is 11.4 Å². The molecule has 6 heteroatoms. The van der Waals surface area contributed by atoms with Gasteiger partial charge in [0, 0.05) is 27.2 Å². The first kappa shape index (κ1) is 15.9. The monoisotopic (exact) mass is 247 g/mol. The van der Waals surface area contributed by atoms with Crippen LogP contribution in [0.4, 0.5) is 0 Å². The number of ether oxygens (including phenoxy) is 2. The van der Waals surface area contributed by atoms with Crippen LogP contribution in [0, 0.1) is 5.41 Å². The lowest BCUT2D eigenvalue weighted by molar-refractivity contribution is -0.149. The molecule has 0 aromatic rings. The molecule has 2 N–H and O–H groups in total. The molecule has 1 amide bonds. The van der Waals surface area contributed by atoms with E-state index in [-0.39, 0.29) is 18.4 Å². The second-order valence-corrected chi connectivity index (χ2v) is 4.48. The molecule has 0 rings (SSSR count). The van der Waals surface area contributed by atoms with Gasteiger partial charge in [0.05, 0.1) is 18.1 Å². The van der Waals surface area contributed by atoms with E-state index in [0.29, 0.717) is 13.2 Å². The number of carboxylic acid groups (broad SMARTS) is 1. The summed E-state index contributed by atoms with van der Waals surface area (Å²) in [4.78, 5) is 22.3. The molecule has 0 aliphatic carbocycles. The minimum Gasteiger partial charge on any atom is -0.481 e. The van der Waals surface area contributed by atoms with Crippen molar-refractivity contribution in [1.82, 2.24) is 5.32 Å². The second-order valence-electron chi connectivity index (χ2n) is 4.48. The zero-order chi connectivity index (χ0) is 13.5. The fourth-order valence-corrected chi connectivity index (χ4v) is 1.16. The van der Waals surface area contributed by atoms with Gasteiger partial charge in [-0.2, -0.15) is 0 Å². The molecule has 0 aliphatic heterocycles. The summed E-state index contributed by atoms with van der Waals surface area (Å²) in [6.45, 7) is 3.70. The molecule has 0 heterocycles. The lowest BCUT2D eigenvalue weighted by Crippen LogP contribution is -2.38. The van der Waals surface area contributed by atoms with Gasteiger partial charge in [0.1, 0.15) is 0 Å². The van der Waals surface area contributed by atoms with Gasteiger partial charge in [-0.15, -0.1) is 0 Å². The van der Waals surface area contributed by atoms with Crippen LogP contribution >= 0.6 is 0 Å². The lowest BCUT2D eigenvalue weighted by atomic mass is 9.89. The zero-order valence-corrected chi connectivity index (χ0v) is 10.8. The van der Waals surface area contributed by atoms with Crippen LogP contribution in [0.5, 0.6) is 0 Å². The maximum atomic E-state index is 11.5. The topological polar surface area (TPSA) is 84.9 Å². The molecule has 6 nitrogen and oxygen atoms in total. The van der Waals surface area contributed by atoms with E-state index >= 15 is 0 Å². The number of carbonyl (C=O) groups excluding carboxylic acids is 1. The van der Waals surface area contributed by atoms with Crippen molar-refractivity contribution in [2.75, 3.05) is 27.4 Å². The van der Waals surface area contributed by atoms with Crippen molar-refractivity contribution >= 4 is 11.9 Å². The van der Waals surface area contributed by atoms with E-state index in [4.69, 9.17) is 14.6 Å². The number of hydrogen-bond acceptors (Lipinski definition) is 4. The molecular weight excluding hydrogens is 226 g/mol. The predicted octanol–water partition coefficient (Wildman–Crippen LogP) is 0.265. The molecule has 0 fully saturated rings. The fraction of sp³-hybridized carbons (Fsp3) is 0.818. The maximum Gasteiger partial charge on any atom is 0.309 e. The summed E-state index contributed by atoms with van der Waals surface area (Å²) in [5.74, 6) is -1.30. The SMILES string of the molecule is COCC(CNC(=O)CC(C)(C)C(=O)O)OC. The largest absolute Gasteiger partial charge is 0.481 e. The van der Waals surface area contributed by atoms with Gasteiger partial charge in [0.2, 0.25) is 5.91 Å². The average Bonchev–Trinajstić information content (AvgIpc) is 2.23. The third-order valence-electron chi connectivity index (χ3n) is 2.39. The van der Waals surface area contributed by atoms with Gasteiger partial charge in [0.25, 0.3) is 0 Å². The second kappa shape index (κ2) is 7.24. The molecule has 0 saturated carbocycles. The minimum absolute atomic E-state index is 0.0637. The molecule has 100 valence electrons. The summed E-state index contributed by atoms with van der Waals surface area (Å²) in [6.07, 6.45) is -0.289. The van der Waals surface area contributed by atoms with Crippen LogP contribution in [0.25, 0.3) is 0 Å². The van der Waals surface area contributed by atoms with E-state index in [2.05, 4.69) is 5.32 Å². The highest BCUT2D eigenvalue weighted by Gasteiger charge is 2.30. The summed E-state index contributed by atoms with van der Waals surface area (Å²) in [7, 11) is 3.07. The molecule has 0 aromatic heterocycles. The van der Waals surface area contributed by atoms with Gasteiger partial charge in [-0.1, -0.05) is 0 Å². The van der Waals surface area contributed by atoms with Crippen molar-refractivity contribution in [2.45, 2.75) is 26.4 Å². The molecule has 1 atom stereocenters. The number of nitrogens with one attached hydrogen (secondary N) is 1. The van der Waals surface area contributed by atoms with Crippen molar-refractivity contribution in [3.63, 3.8) is 0 Å². The van der Waals surface area contributed by atoms with E-state index in [1.807, 2.05) is 0 Å². The van der Waals surface area contributed by atoms with Crippen LogP contribution in [-0.2, 0) is 19.1 Å². The van der Waals surface area contributed by atoms with E-state index in [1.165, 1.54) is 21.0 Å². The standard InChI is InChI=1S/C11H21NO5/c1-11(2,10(14)15)5-9(13)12-6-8(17-4)7-16-3/h8H,5-7H2,1-4H3,(H,12,13)(H,14,15). The third kappa shape index (κ3) is 6.23. The maximum absolute atomic E-state index is 11.5. The Labute approximate surface area is 101 Å². The van der Waals surface area contributed by atoms with Crippen LogP contribution in [0.3, 0.4) is 0 Å². The van der Waals surface area contributed by atoms with Gasteiger partial charge in [-0.05, 0) is 13.8 Å². The Kier molecular flexibility index (Phi) is 6.75. The average molecular weight is 247 g/mol. The van der Waals surface area contributed by atoms with Crippen molar-refractivity contribution in [3.8, 4) is 0 Å². The van der Waals surface area contributed by atoms with Crippen LogP contribution in [-0.4, -0.2) is 50.5 Å². The van der Waals surface area contributed by atoms with E-state index in [9.17, 15) is 9.59 Å². The molecule has 0 radical (unpaired) electrons. The molecule has 0 aromatic carbocycles. The van der Waals surface area contributed by atoms with Crippen molar-refractivity contribution in [3.05, 3.63) is 0 Å². The molecule has 0 spiro atoms. The Morgan fingerprint density at radius 1 is 1.35 bits per heavy atom. The Bertz CT molecular complexity index is 265. The summed E-state index contributed by atoms with van der Waals surface area (Å²) in [5.41, 5.74) is -1.06. The number of carbonyl (C=O) groups is 2. The Balaban J connectivity index is 4.06. The van der Waals surface area contributed by atoms with Crippen molar-refractivity contribution < 1.29 is 24.2 Å². The zero-order valence-electron chi connectivity index (χ0n) is 10.8. The fourth-order valence-electron chi connectivity index (χ4n) is 1.16. The summed E-state index contributed by atoms with van der Waals surface area (Å²) in [5, 5.41) is 11.5. The smallest absolute Gasteiger partial charge is 0.309 e. The van der Waals surface area contributed by atoms with Crippen LogP contribution in [0.1, 0.15) is 20.3 Å². The van der Waals surface area contributed by atoms with E-state index in [1.54, 1.807) is 7.11 Å². The Hall–Kier alpha value is -1.14. The number of hydrogen-bond donors (Lipinski definition) is 2. The highest BCUT2D eigenvalue weighted by Crippen LogP contribution is 2.19. The first-order valence-corrected chi connectivity index (χ1v) is 5.35. The Morgan fingerprint density at radius 3 is 2.35 bits per heavy atom. The third-order valence-corrected chi connectivity index (χ3v) is 2.39. The molecule has 0 bridgehead atoms. The van der Waals surface area contributed by atoms with Gasteiger partial charge in [-0.25, -0.2) is 0 Å². The predicted molar refractivity (Wildman–Crippen MR) is 61.7 cm³/mol. The lowest BCUT2D eigenvalue weighted by Gasteiger charge is -2.20. The van der Waals surface area contributed by atoms with Crippen molar-refractivity contribution in [2.24, 2.45) is 5.41 Å². The molecular formula is C11H21NO5. The van der Waals surface area contributed by atoms with Gasteiger partial charge in [-0.3, -0.25) is 9.59 Å². The molecule has 0 aliphatic rings. The number of carboxylic acids is 1. The summed E-state index contributed by atoms with van der Waals surface area (Å²) >= 11 is 0. The number of aliphatic carboxylic acids is 1. The first-order valence-electron chi connectivity index (χ1n) is 5.35. The molecule has 0 saturated heterocycles. The number of rotatable bonds is 8. The molecule has 17 heavy (non-hydrogen) atoms. The first-order chi connectivity index (χ1) is 7.83. The number of methoxy groups -OCH3 is 2.